The molecule has 0 aliphatic carbocycles. The lowest BCUT2D eigenvalue weighted by molar-refractivity contribution is 0.225. The molecule has 0 aromatic carbocycles. The summed E-state index contributed by atoms with van der Waals surface area (Å²) in [4.78, 5) is 2.61. The van der Waals surface area contributed by atoms with E-state index in [1.807, 2.05) is 0 Å². The molecule has 0 radical (unpaired) electrons. The number of piperidine rings is 1. The second kappa shape index (κ2) is 7.24. The molecule has 2 nitrogen and oxygen atoms in total. The average molecular weight is 198 g/mol. The second-order valence-corrected chi connectivity index (χ2v) is 4.52. The standard InChI is InChI=1S/C12H26N2/c1-3-12(2)13-8-7-11-14-9-5-4-6-10-14/h12-13H,3-11H2,1-2H3. The lowest BCUT2D eigenvalue weighted by Gasteiger charge is -2.26. The Bertz CT molecular complexity index is 130. The number of hydrogen-bond donors (Lipinski definition) is 1. The van der Waals surface area contributed by atoms with Crippen molar-refractivity contribution in [1.82, 2.24) is 10.2 Å². The van der Waals surface area contributed by atoms with Gasteiger partial charge in [0, 0.05) is 6.04 Å². The molecule has 1 atom stereocenters. The smallest absolute Gasteiger partial charge is 0.00361 e. The van der Waals surface area contributed by atoms with Crippen molar-refractivity contribution in [2.45, 2.75) is 52.0 Å². The van der Waals surface area contributed by atoms with E-state index in [0.717, 1.165) is 0 Å². The Balaban J connectivity index is 1.92. The Morgan fingerprint density at radius 2 is 1.93 bits per heavy atom. The van der Waals surface area contributed by atoms with Gasteiger partial charge in [-0.15, -0.1) is 0 Å². The van der Waals surface area contributed by atoms with Gasteiger partial charge in [-0.3, -0.25) is 0 Å². The normalized spacial score (nSPS) is 21.0. The summed E-state index contributed by atoms with van der Waals surface area (Å²) < 4.78 is 0. The Morgan fingerprint density at radius 3 is 2.57 bits per heavy atom. The fourth-order valence-corrected chi connectivity index (χ4v) is 1.98. The monoisotopic (exact) mass is 198 g/mol. The fraction of sp³-hybridized carbons (Fsp3) is 1.00. The van der Waals surface area contributed by atoms with E-state index in [0.29, 0.717) is 6.04 Å². The molecule has 0 bridgehead atoms. The van der Waals surface area contributed by atoms with Gasteiger partial charge in [-0.2, -0.15) is 0 Å². The van der Waals surface area contributed by atoms with Crippen molar-refractivity contribution in [3.8, 4) is 0 Å². The highest BCUT2D eigenvalue weighted by molar-refractivity contribution is 4.65. The van der Waals surface area contributed by atoms with E-state index in [4.69, 9.17) is 0 Å². The highest BCUT2D eigenvalue weighted by Gasteiger charge is 2.08. The van der Waals surface area contributed by atoms with Crippen LogP contribution in [0.5, 0.6) is 0 Å². The predicted molar refractivity (Wildman–Crippen MR) is 62.7 cm³/mol. The SMILES string of the molecule is CCC(C)NCCCN1CCCCC1. The Kier molecular flexibility index (Phi) is 6.20. The Hall–Kier alpha value is -0.0800. The van der Waals surface area contributed by atoms with E-state index in [2.05, 4.69) is 24.1 Å². The van der Waals surface area contributed by atoms with E-state index in [1.54, 1.807) is 0 Å². The van der Waals surface area contributed by atoms with E-state index in [9.17, 15) is 0 Å². The van der Waals surface area contributed by atoms with Gasteiger partial charge in [-0.05, 0) is 58.8 Å². The molecule has 1 unspecified atom stereocenters. The van der Waals surface area contributed by atoms with Crippen molar-refractivity contribution in [3.63, 3.8) is 0 Å². The van der Waals surface area contributed by atoms with Gasteiger partial charge in [0.25, 0.3) is 0 Å². The minimum Gasteiger partial charge on any atom is -0.314 e. The lowest BCUT2D eigenvalue weighted by Crippen LogP contribution is -2.33. The van der Waals surface area contributed by atoms with Crippen LogP contribution in [0.1, 0.15) is 46.0 Å². The molecule has 84 valence electrons. The highest BCUT2D eigenvalue weighted by Crippen LogP contribution is 2.08. The third-order valence-corrected chi connectivity index (χ3v) is 3.20. The fourth-order valence-electron chi connectivity index (χ4n) is 1.98. The molecule has 2 heteroatoms. The number of hydrogen-bond acceptors (Lipinski definition) is 2. The maximum absolute atomic E-state index is 3.55. The summed E-state index contributed by atoms with van der Waals surface area (Å²) in [6, 6.07) is 0.691. The van der Waals surface area contributed by atoms with Crippen molar-refractivity contribution in [2.24, 2.45) is 0 Å². The topological polar surface area (TPSA) is 15.3 Å². The van der Waals surface area contributed by atoms with Crippen molar-refractivity contribution >= 4 is 0 Å². The van der Waals surface area contributed by atoms with E-state index >= 15 is 0 Å². The molecule has 0 amide bonds. The van der Waals surface area contributed by atoms with Crippen LogP contribution >= 0.6 is 0 Å². The van der Waals surface area contributed by atoms with Crippen LogP contribution in [-0.4, -0.2) is 37.1 Å². The Morgan fingerprint density at radius 1 is 1.21 bits per heavy atom. The molecule has 14 heavy (non-hydrogen) atoms. The molecule has 0 aromatic rings. The maximum atomic E-state index is 3.55. The van der Waals surface area contributed by atoms with Gasteiger partial charge in [0.2, 0.25) is 0 Å². The number of likely N-dealkylation sites (tertiary alicyclic amines) is 1. The van der Waals surface area contributed by atoms with Gasteiger partial charge in [0.1, 0.15) is 0 Å². The lowest BCUT2D eigenvalue weighted by atomic mass is 10.1. The maximum Gasteiger partial charge on any atom is 0.00361 e. The average Bonchev–Trinajstić information content (AvgIpc) is 2.25. The minimum absolute atomic E-state index is 0.691. The number of rotatable bonds is 6. The van der Waals surface area contributed by atoms with E-state index in [1.165, 1.54) is 58.3 Å². The zero-order valence-corrected chi connectivity index (χ0v) is 9.89. The molecule has 1 heterocycles. The van der Waals surface area contributed by atoms with Gasteiger partial charge >= 0.3 is 0 Å². The van der Waals surface area contributed by atoms with E-state index in [-0.39, 0.29) is 0 Å². The second-order valence-electron chi connectivity index (χ2n) is 4.52. The molecule has 1 aliphatic heterocycles. The molecule has 0 saturated carbocycles. The predicted octanol–water partition coefficient (Wildman–Crippen LogP) is 2.25. The third kappa shape index (κ3) is 4.97. The van der Waals surface area contributed by atoms with Crippen LogP contribution in [0.25, 0.3) is 0 Å². The molecular weight excluding hydrogens is 172 g/mol. The summed E-state index contributed by atoms with van der Waals surface area (Å²) in [7, 11) is 0. The van der Waals surface area contributed by atoms with Crippen LogP contribution in [-0.2, 0) is 0 Å². The van der Waals surface area contributed by atoms with Gasteiger partial charge in [0.15, 0.2) is 0 Å². The largest absolute Gasteiger partial charge is 0.314 e. The molecular formula is C12H26N2. The van der Waals surface area contributed by atoms with Crippen LogP contribution < -0.4 is 5.32 Å². The molecule has 1 rings (SSSR count). The summed E-state index contributed by atoms with van der Waals surface area (Å²) in [6.07, 6.45) is 6.83. The van der Waals surface area contributed by atoms with E-state index < -0.39 is 0 Å². The molecule has 1 N–H and O–H groups in total. The molecule has 1 saturated heterocycles. The van der Waals surface area contributed by atoms with Gasteiger partial charge in [-0.1, -0.05) is 13.3 Å². The van der Waals surface area contributed by atoms with Crippen molar-refractivity contribution in [2.75, 3.05) is 26.2 Å². The highest BCUT2D eigenvalue weighted by atomic mass is 15.1. The van der Waals surface area contributed by atoms with Crippen LogP contribution in [0.3, 0.4) is 0 Å². The van der Waals surface area contributed by atoms with Crippen LogP contribution in [0, 0.1) is 0 Å². The number of nitrogens with zero attached hydrogens (tertiary/aromatic N) is 1. The molecule has 0 aromatic heterocycles. The quantitative estimate of drug-likeness (QED) is 0.659. The molecule has 1 aliphatic rings. The number of nitrogens with one attached hydrogen (secondary N) is 1. The molecule has 0 spiro atoms. The zero-order chi connectivity index (χ0) is 10.2. The van der Waals surface area contributed by atoms with Crippen LogP contribution in [0.15, 0.2) is 0 Å². The summed E-state index contributed by atoms with van der Waals surface area (Å²) in [6.45, 7) is 9.66. The van der Waals surface area contributed by atoms with Crippen molar-refractivity contribution in [3.05, 3.63) is 0 Å². The van der Waals surface area contributed by atoms with Gasteiger partial charge in [0.05, 0.1) is 0 Å². The Labute approximate surface area is 89.1 Å². The first kappa shape index (κ1) is 12.0. The minimum atomic E-state index is 0.691. The first-order chi connectivity index (χ1) is 6.83. The van der Waals surface area contributed by atoms with Gasteiger partial charge < -0.3 is 10.2 Å². The van der Waals surface area contributed by atoms with Gasteiger partial charge in [-0.25, -0.2) is 0 Å². The first-order valence-corrected chi connectivity index (χ1v) is 6.28. The van der Waals surface area contributed by atoms with Crippen LogP contribution in [0.2, 0.25) is 0 Å². The van der Waals surface area contributed by atoms with Crippen molar-refractivity contribution in [1.29, 1.82) is 0 Å². The van der Waals surface area contributed by atoms with Crippen molar-refractivity contribution < 1.29 is 0 Å². The summed E-state index contributed by atoms with van der Waals surface area (Å²) in [5.74, 6) is 0. The summed E-state index contributed by atoms with van der Waals surface area (Å²) >= 11 is 0. The van der Waals surface area contributed by atoms with Crippen LogP contribution in [0.4, 0.5) is 0 Å². The first-order valence-electron chi connectivity index (χ1n) is 6.28. The third-order valence-electron chi connectivity index (χ3n) is 3.20. The molecule has 1 fully saturated rings. The summed E-state index contributed by atoms with van der Waals surface area (Å²) in [5.41, 5.74) is 0. The zero-order valence-electron chi connectivity index (χ0n) is 9.89. The summed E-state index contributed by atoms with van der Waals surface area (Å²) in [5, 5.41) is 3.55.